The first kappa shape index (κ1) is 28.0. The Morgan fingerprint density at radius 2 is 1.83 bits per heavy atom. The molecule has 1 saturated heterocycles. The Labute approximate surface area is 234 Å². The summed E-state index contributed by atoms with van der Waals surface area (Å²) in [7, 11) is 0. The molecule has 1 aliphatic carbocycles. The first-order chi connectivity index (χ1) is 19.6. The lowest BCUT2D eigenvalue weighted by Gasteiger charge is -2.42. The monoisotopic (exact) mass is 566 g/mol. The molecule has 0 unspecified atom stereocenters. The highest BCUT2D eigenvalue weighted by atomic mass is 16.7. The van der Waals surface area contributed by atoms with Gasteiger partial charge in [0.05, 0.1) is 23.2 Å². The third kappa shape index (κ3) is 4.24. The number of aliphatic hydroxyl groups excluding tert-OH is 4. The number of fused-ring (bicyclic) bond motifs is 4. The summed E-state index contributed by atoms with van der Waals surface area (Å²) in [5.74, 6) is -4.77. The Balaban J connectivity index is 1.36. The number of hydrogen-bond donors (Lipinski definition) is 8. The molecular formula is C30H34N2O9. The zero-order chi connectivity index (χ0) is 29.1. The lowest BCUT2D eigenvalue weighted by Crippen LogP contribution is -2.63. The van der Waals surface area contributed by atoms with Crippen LogP contribution in [0, 0.1) is 5.92 Å². The molecule has 11 nitrogen and oxygen atoms in total. The highest BCUT2D eigenvalue weighted by Crippen LogP contribution is 2.49. The molecule has 8 N–H and O–H groups in total. The molecule has 0 amide bonds. The first-order valence-electron chi connectivity index (χ1n) is 13.8. The van der Waals surface area contributed by atoms with Crippen LogP contribution in [0.2, 0.25) is 0 Å². The standard InChI is InChI=1S/C30H34N2O9/c1-2-31-19-11-18(13-33)29(38,12-19)30(39)27(36)24(35)26(41-30)28(37)40-25-22(14-34)32-21-8-7-17-9-15-5-3-4-6-16(15)10-20(17)23(21)25/h3-10,18-19,24,26-27,31-36,38-39H,2,11-14H2,1H3/t18-,19+,24-,26+,27+,29+,30+/m0/s1. The van der Waals surface area contributed by atoms with Gasteiger partial charge in [0.1, 0.15) is 17.8 Å². The fraction of sp³-hybridized carbons (Fsp3) is 0.433. The third-order valence-electron chi connectivity index (χ3n) is 8.74. The molecule has 0 bridgehead atoms. The number of H-pyrrole nitrogens is 1. The van der Waals surface area contributed by atoms with Gasteiger partial charge in [-0.2, -0.15) is 0 Å². The number of rotatable bonds is 7. The van der Waals surface area contributed by atoms with Gasteiger partial charge in [-0.1, -0.05) is 37.3 Å². The Morgan fingerprint density at radius 3 is 2.51 bits per heavy atom. The van der Waals surface area contributed by atoms with Crippen LogP contribution in [0.4, 0.5) is 0 Å². The molecule has 218 valence electrons. The van der Waals surface area contributed by atoms with Crippen molar-refractivity contribution in [3.8, 4) is 5.75 Å². The molecule has 4 aromatic rings. The number of aromatic nitrogens is 1. The Morgan fingerprint density at radius 1 is 1.10 bits per heavy atom. The van der Waals surface area contributed by atoms with E-state index in [1.54, 1.807) is 6.07 Å². The van der Waals surface area contributed by atoms with Crippen molar-refractivity contribution in [3.63, 3.8) is 0 Å². The number of aliphatic hydroxyl groups is 6. The van der Waals surface area contributed by atoms with Crippen molar-refractivity contribution >= 4 is 38.4 Å². The summed E-state index contributed by atoms with van der Waals surface area (Å²) in [4.78, 5) is 16.5. The number of aromatic amines is 1. The molecule has 11 heteroatoms. The second-order valence-corrected chi connectivity index (χ2v) is 11.1. The fourth-order valence-electron chi connectivity index (χ4n) is 6.66. The van der Waals surface area contributed by atoms with E-state index >= 15 is 0 Å². The van der Waals surface area contributed by atoms with Crippen LogP contribution < -0.4 is 10.1 Å². The summed E-state index contributed by atoms with van der Waals surface area (Å²) >= 11 is 0. The van der Waals surface area contributed by atoms with Crippen molar-refractivity contribution in [2.45, 2.75) is 62.1 Å². The van der Waals surface area contributed by atoms with Crippen molar-refractivity contribution in [3.05, 3.63) is 54.2 Å². The molecular weight excluding hydrogens is 532 g/mol. The summed E-state index contributed by atoms with van der Waals surface area (Å²) in [6.07, 6.45) is -5.71. The van der Waals surface area contributed by atoms with Gasteiger partial charge in [0.25, 0.3) is 0 Å². The largest absolute Gasteiger partial charge is 0.422 e. The Bertz CT molecular complexity index is 1620. The quantitative estimate of drug-likeness (QED) is 0.118. The van der Waals surface area contributed by atoms with E-state index in [0.717, 1.165) is 21.5 Å². The topological polar surface area (TPSA) is 185 Å². The number of benzene rings is 3. The summed E-state index contributed by atoms with van der Waals surface area (Å²) in [5, 5.41) is 72.0. The molecule has 1 saturated carbocycles. The summed E-state index contributed by atoms with van der Waals surface area (Å²) in [5.41, 5.74) is -1.36. The van der Waals surface area contributed by atoms with Gasteiger partial charge < -0.3 is 50.4 Å². The van der Waals surface area contributed by atoms with Crippen molar-refractivity contribution in [1.82, 2.24) is 10.3 Å². The molecule has 7 atom stereocenters. The Kier molecular flexibility index (Phi) is 7.04. The summed E-state index contributed by atoms with van der Waals surface area (Å²) in [6, 6.07) is 15.2. The third-order valence-corrected chi connectivity index (χ3v) is 8.74. The van der Waals surface area contributed by atoms with Crippen LogP contribution in [0.5, 0.6) is 5.75 Å². The summed E-state index contributed by atoms with van der Waals surface area (Å²) < 4.78 is 11.3. The van der Waals surface area contributed by atoms with E-state index in [1.165, 1.54) is 0 Å². The number of esters is 1. The predicted molar refractivity (Wildman–Crippen MR) is 149 cm³/mol. The Hall–Kier alpha value is -3.13. The maximum Gasteiger partial charge on any atom is 0.343 e. The van der Waals surface area contributed by atoms with Gasteiger partial charge in [0, 0.05) is 18.6 Å². The van der Waals surface area contributed by atoms with E-state index in [2.05, 4.69) is 10.3 Å². The van der Waals surface area contributed by atoms with Crippen LogP contribution >= 0.6 is 0 Å². The van der Waals surface area contributed by atoms with E-state index in [9.17, 15) is 35.4 Å². The van der Waals surface area contributed by atoms with E-state index in [0.29, 0.717) is 17.4 Å². The molecule has 2 fully saturated rings. The van der Waals surface area contributed by atoms with Gasteiger partial charge in [-0.3, -0.25) is 0 Å². The first-order valence-corrected chi connectivity index (χ1v) is 13.8. The van der Waals surface area contributed by atoms with Crippen molar-refractivity contribution < 1.29 is 44.9 Å². The molecule has 2 aliphatic rings. The van der Waals surface area contributed by atoms with E-state index in [4.69, 9.17) is 9.47 Å². The minimum Gasteiger partial charge on any atom is -0.422 e. The number of ether oxygens (including phenoxy) is 2. The number of nitrogens with one attached hydrogen (secondary N) is 2. The van der Waals surface area contributed by atoms with Crippen LogP contribution in [0.15, 0.2) is 48.5 Å². The van der Waals surface area contributed by atoms with E-state index in [1.807, 2.05) is 49.4 Å². The highest BCUT2D eigenvalue weighted by Gasteiger charge is 2.70. The molecule has 1 aliphatic heterocycles. The van der Waals surface area contributed by atoms with Crippen LogP contribution in [0.25, 0.3) is 32.4 Å². The van der Waals surface area contributed by atoms with Gasteiger partial charge in [-0.25, -0.2) is 4.79 Å². The number of carbonyl (C=O) groups excluding carboxylic acids is 1. The second kappa shape index (κ2) is 10.3. The van der Waals surface area contributed by atoms with Crippen LogP contribution in [0.3, 0.4) is 0 Å². The van der Waals surface area contributed by atoms with Crippen LogP contribution in [-0.4, -0.2) is 90.5 Å². The zero-order valence-electron chi connectivity index (χ0n) is 22.4. The maximum atomic E-state index is 13.5. The lowest BCUT2D eigenvalue weighted by atomic mass is 9.80. The number of hydrogen-bond acceptors (Lipinski definition) is 10. The van der Waals surface area contributed by atoms with Crippen LogP contribution in [0.1, 0.15) is 25.5 Å². The normalized spacial score (nSPS) is 31.9. The summed E-state index contributed by atoms with van der Waals surface area (Å²) in [6.45, 7) is 1.43. The van der Waals surface area contributed by atoms with E-state index in [-0.39, 0.29) is 30.3 Å². The molecule has 2 heterocycles. The minimum absolute atomic E-state index is 0.0223. The molecule has 1 aromatic heterocycles. The smallest absolute Gasteiger partial charge is 0.343 e. The average Bonchev–Trinajstić information content (AvgIpc) is 3.58. The van der Waals surface area contributed by atoms with Gasteiger partial charge >= 0.3 is 5.97 Å². The molecule has 0 spiro atoms. The van der Waals surface area contributed by atoms with E-state index < -0.39 is 54.8 Å². The van der Waals surface area contributed by atoms with Gasteiger partial charge in [0.15, 0.2) is 11.9 Å². The molecule has 6 rings (SSSR count). The fourth-order valence-corrected chi connectivity index (χ4v) is 6.66. The zero-order valence-corrected chi connectivity index (χ0v) is 22.4. The molecule has 0 radical (unpaired) electrons. The van der Waals surface area contributed by atoms with Crippen LogP contribution in [-0.2, 0) is 16.1 Å². The highest BCUT2D eigenvalue weighted by molar-refractivity contribution is 6.14. The van der Waals surface area contributed by atoms with Crippen molar-refractivity contribution in [2.75, 3.05) is 13.2 Å². The lowest BCUT2D eigenvalue weighted by molar-refractivity contribution is -0.326. The SMILES string of the molecule is CCN[C@@H]1C[C@@H](CO)[C@@](O)([C@]2(O)O[C@@H](C(=O)Oc3c(CO)[nH]c4ccc5cc6ccccc6cc5c34)[C@H](O)[C@H]2O)C1. The number of carbonyl (C=O) groups is 1. The predicted octanol–water partition coefficient (Wildman–Crippen LogP) is 0.793. The van der Waals surface area contributed by atoms with Gasteiger partial charge in [-0.05, 0) is 59.1 Å². The maximum absolute atomic E-state index is 13.5. The average molecular weight is 567 g/mol. The van der Waals surface area contributed by atoms with Gasteiger partial charge in [0.2, 0.25) is 5.79 Å². The molecule has 41 heavy (non-hydrogen) atoms. The second-order valence-electron chi connectivity index (χ2n) is 11.1. The molecule has 3 aromatic carbocycles. The van der Waals surface area contributed by atoms with Crippen molar-refractivity contribution in [2.24, 2.45) is 5.92 Å². The minimum atomic E-state index is -2.76. The van der Waals surface area contributed by atoms with Crippen molar-refractivity contribution in [1.29, 1.82) is 0 Å². The van der Waals surface area contributed by atoms with Gasteiger partial charge in [-0.15, -0.1) is 0 Å².